The Kier molecular flexibility index (Phi) is 6.45. The first-order valence-corrected chi connectivity index (χ1v) is 7.76. The summed E-state index contributed by atoms with van der Waals surface area (Å²) in [5.41, 5.74) is 2.64. The van der Waals surface area contributed by atoms with Crippen LogP contribution in [0.5, 0.6) is 0 Å². The van der Waals surface area contributed by atoms with Gasteiger partial charge in [0.15, 0.2) is 0 Å². The molecular formula is C19H25NO. The van der Waals surface area contributed by atoms with E-state index in [9.17, 15) is 5.11 Å². The normalized spacial score (nSPS) is 12.5. The molecule has 0 saturated carbocycles. The van der Waals surface area contributed by atoms with Gasteiger partial charge in [-0.3, -0.25) is 4.90 Å². The molecule has 0 aromatic heterocycles. The van der Waals surface area contributed by atoms with Crippen LogP contribution in [0.4, 0.5) is 0 Å². The summed E-state index contributed by atoms with van der Waals surface area (Å²) in [4.78, 5) is 2.41. The van der Waals surface area contributed by atoms with Gasteiger partial charge < -0.3 is 5.11 Å². The molecular weight excluding hydrogens is 258 g/mol. The van der Waals surface area contributed by atoms with Gasteiger partial charge in [-0.25, -0.2) is 0 Å². The average molecular weight is 283 g/mol. The molecule has 0 fully saturated rings. The Morgan fingerprint density at radius 2 is 1.33 bits per heavy atom. The van der Waals surface area contributed by atoms with Gasteiger partial charge in [0, 0.05) is 19.6 Å². The molecule has 1 N–H and O–H groups in total. The smallest absolute Gasteiger partial charge is 0.0549 e. The minimum atomic E-state index is -0.195. The highest BCUT2D eigenvalue weighted by Crippen LogP contribution is 2.11. The van der Waals surface area contributed by atoms with Crippen LogP contribution >= 0.6 is 0 Å². The van der Waals surface area contributed by atoms with Gasteiger partial charge >= 0.3 is 0 Å². The third kappa shape index (κ3) is 5.70. The molecule has 0 aliphatic heterocycles. The molecule has 2 rings (SSSR count). The third-order valence-corrected chi connectivity index (χ3v) is 3.75. The Hall–Kier alpha value is -1.64. The van der Waals surface area contributed by atoms with Crippen molar-refractivity contribution in [1.29, 1.82) is 0 Å². The van der Waals surface area contributed by atoms with Crippen molar-refractivity contribution in [2.75, 3.05) is 6.54 Å². The quantitative estimate of drug-likeness (QED) is 0.795. The summed E-state index contributed by atoms with van der Waals surface area (Å²) in [5.74, 6) is 0. The summed E-state index contributed by atoms with van der Waals surface area (Å²) in [6, 6.07) is 21.1. The van der Waals surface area contributed by atoms with Gasteiger partial charge in [-0.1, -0.05) is 67.6 Å². The molecule has 2 aromatic carbocycles. The number of hydrogen-bond acceptors (Lipinski definition) is 2. The van der Waals surface area contributed by atoms with Gasteiger partial charge in [0.05, 0.1) is 6.10 Å². The highest BCUT2D eigenvalue weighted by atomic mass is 16.3. The van der Waals surface area contributed by atoms with Crippen molar-refractivity contribution in [1.82, 2.24) is 4.90 Å². The van der Waals surface area contributed by atoms with Crippen molar-refractivity contribution in [3.05, 3.63) is 71.8 Å². The van der Waals surface area contributed by atoms with E-state index in [0.29, 0.717) is 0 Å². The molecule has 21 heavy (non-hydrogen) atoms. The molecule has 2 aromatic rings. The van der Waals surface area contributed by atoms with Crippen LogP contribution in [0.2, 0.25) is 0 Å². The lowest BCUT2D eigenvalue weighted by Gasteiger charge is -2.23. The summed E-state index contributed by atoms with van der Waals surface area (Å²) in [5, 5.41) is 9.81. The predicted molar refractivity (Wildman–Crippen MR) is 87.9 cm³/mol. The number of hydrogen-bond donors (Lipinski definition) is 1. The van der Waals surface area contributed by atoms with Crippen LogP contribution in [0.1, 0.15) is 30.9 Å². The topological polar surface area (TPSA) is 23.5 Å². The number of aliphatic hydroxyl groups excluding tert-OH is 1. The van der Waals surface area contributed by atoms with Gasteiger partial charge in [-0.05, 0) is 24.0 Å². The van der Waals surface area contributed by atoms with Gasteiger partial charge in [0.2, 0.25) is 0 Å². The fourth-order valence-corrected chi connectivity index (χ4v) is 2.43. The first kappa shape index (κ1) is 15.7. The molecule has 2 heteroatoms. The van der Waals surface area contributed by atoms with E-state index in [2.05, 4.69) is 53.4 Å². The molecule has 0 radical (unpaired) electrons. The molecule has 0 heterocycles. The first-order valence-electron chi connectivity index (χ1n) is 7.76. The average Bonchev–Trinajstić information content (AvgIpc) is 2.54. The van der Waals surface area contributed by atoms with Crippen molar-refractivity contribution >= 4 is 0 Å². The van der Waals surface area contributed by atoms with Crippen LogP contribution in [-0.2, 0) is 13.1 Å². The Labute approximate surface area is 128 Å². The zero-order valence-corrected chi connectivity index (χ0v) is 12.8. The van der Waals surface area contributed by atoms with Crippen molar-refractivity contribution in [3.8, 4) is 0 Å². The standard InChI is InChI=1S/C19H25NO/c1-2-19(21)13-14-20(15-17-9-5-3-6-10-17)16-18-11-7-4-8-12-18/h3-12,19,21H,2,13-16H2,1H3. The van der Waals surface area contributed by atoms with Gasteiger partial charge in [-0.15, -0.1) is 0 Å². The molecule has 0 amide bonds. The maximum atomic E-state index is 9.81. The summed E-state index contributed by atoms with van der Waals surface area (Å²) < 4.78 is 0. The molecule has 112 valence electrons. The fraction of sp³-hybridized carbons (Fsp3) is 0.368. The maximum Gasteiger partial charge on any atom is 0.0549 e. The largest absolute Gasteiger partial charge is 0.393 e. The van der Waals surface area contributed by atoms with Crippen LogP contribution < -0.4 is 0 Å². The second-order valence-corrected chi connectivity index (χ2v) is 5.53. The first-order chi connectivity index (χ1) is 10.3. The second-order valence-electron chi connectivity index (χ2n) is 5.53. The van der Waals surface area contributed by atoms with Crippen LogP contribution in [0.25, 0.3) is 0 Å². The molecule has 0 spiro atoms. The van der Waals surface area contributed by atoms with E-state index in [4.69, 9.17) is 0 Å². The highest BCUT2D eigenvalue weighted by molar-refractivity contribution is 5.17. The van der Waals surface area contributed by atoms with Crippen LogP contribution in [0, 0.1) is 0 Å². The van der Waals surface area contributed by atoms with E-state index in [1.165, 1.54) is 11.1 Å². The van der Waals surface area contributed by atoms with E-state index in [0.717, 1.165) is 32.5 Å². The Morgan fingerprint density at radius 1 is 0.857 bits per heavy atom. The fourth-order valence-electron chi connectivity index (χ4n) is 2.43. The van der Waals surface area contributed by atoms with E-state index in [-0.39, 0.29) is 6.10 Å². The SMILES string of the molecule is CCC(O)CCN(Cc1ccccc1)Cc1ccccc1. The van der Waals surface area contributed by atoms with Crippen molar-refractivity contribution in [3.63, 3.8) is 0 Å². The molecule has 0 bridgehead atoms. The highest BCUT2D eigenvalue weighted by Gasteiger charge is 2.09. The number of aliphatic hydroxyl groups is 1. The molecule has 0 saturated heterocycles. The van der Waals surface area contributed by atoms with Crippen LogP contribution in [0.15, 0.2) is 60.7 Å². The second kappa shape index (κ2) is 8.60. The summed E-state index contributed by atoms with van der Waals surface area (Å²) in [6.07, 6.45) is 1.46. The van der Waals surface area contributed by atoms with Crippen LogP contribution in [0.3, 0.4) is 0 Å². The molecule has 0 aliphatic rings. The number of benzene rings is 2. The van der Waals surface area contributed by atoms with Crippen LogP contribution in [-0.4, -0.2) is 22.7 Å². The Morgan fingerprint density at radius 3 is 1.76 bits per heavy atom. The molecule has 1 atom stereocenters. The Balaban J connectivity index is 1.99. The minimum Gasteiger partial charge on any atom is -0.393 e. The third-order valence-electron chi connectivity index (χ3n) is 3.75. The maximum absolute atomic E-state index is 9.81. The van der Waals surface area contributed by atoms with Crippen molar-refractivity contribution in [2.24, 2.45) is 0 Å². The van der Waals surface area contributed by atoms with Gasteiger partial charge in [0.1, 0.15) is 0 Å². The minimum absolute atomic E-state index is 0.195. The van der Waals surface area contributed by atoms with E-state index in [1.54, 1.807) is 0 Å². The zero-order chi connectivity index (χ0) is 14.9. The lowest BCUT2D eigenvalue weighted by Crippen LogP contribution is -2.26. The summed E-state index contributed by atoms with van der Waals surface area (Å²) >= 11 is 0. The van der Waals surface area contributed by atoms with Crippen molar-refractivity contribution < 1.29 is 5.11 Å². The molecule has 0 aliphatic carbocycles. The van der Waals surface area contributed by atoms with Gasteiger partial charge in [0.25, 0.3) is 0 Å². The van der Waals surface area contributed by atoms with E-state index < -0.39 is 0 Å². The molecule has 1 unspecified atom stereocenters. The zero-order valence-electron chi connectivity index (χ0n) is 12.8. The summed E-state index contributed by atoms with van der Waals surface area (Å²) in [7, 11) is 0. The van der Waals surface area contributed by atoms with E-state index >= 15 is 0 Å². The number of rotatable bonds is 8. The lowest BCUT2D eigenvalue weighted by atomic mass is 10.1. The number of nitrogens with zero attached hydrogens (tertiary/aromatic N) is 1. The predicted octanol–water partition coefficient (Wildman–Crippen LogP) is 3.85. The monoisotopic (exact) mass is 283 g/mol. The Bertz CT molecular complexity index is 456. The summed E-state index contributed by atoms with van der Waals surface area (Å²) in [6.45, 7) is 4.79. The van der Waals surface area contributed by atoms with E-state index in [1.807, 2.05) is 19.1 Å². The molecule has 2 nitrogen and oxygen atoms in total. The lowest BCUT2D eigenvalue weighted by molar-refractivity contribution is 0.132. The van der Waals surface area contributed by atoms with Crippen molar-refractivity contribution in [2.45, 2.75) is 39.0 Å². The van der Waals surface area contributed by atoms with Gasteiger partial charge in [-0.2, -0.15) is 0 Å².